The summed E-state index contributed by atoms with van der Waals surface area (Å²) in [5.41, 5.74) is 2.39. The molecule has 2 rings (SSSR count). The zero-order valence-electron chi connectivity index (χ0n) is 15.6. The minimum Gasteiger partial charge on any atom is -0.328 e. The Bertz CT molecular complexity index is 597. The van der Waals surface area contributed by atoms with E-state index < -0.39 is 0 Å². The van der Waals surface area contributed by atoms with Gasteiger partial charge in [-0.05, 0) is 63.5 Å². The van der Waals surface area contributed by atoms with Crippen LogP contribution in [0.25, 0.3) is 0 Å². The highest BCUT2D eigenvalue weighted by atomic mass is 16.2. The minimum atomic E-state index is -0.122. The number of benzene rings is 1. The van der Waals surface area contributed by atoms with Crippen molar-refractivity contribution in [3.63, 3.8) is 0 Å². The van der Waals surface area contributed by atoms with E-state index in [1.165, 1.54) is 25.9 Å². The molecule has 138 valence electrons. The number of aryl methyl sites for hydroxylation is 1. The Balaban J connectivity index is 1.85. The van der Waals surface area contributed by atoms with Crippen LogP contribution in [-0.4, -0.2) is 55.0 Å². The fourth-order valence-electron chi connectivity index (χ4n) is 2.93. The molecule has 0 aliphatic carbocycles. The summed E-state index contributed by atoms with van der Waals surface area (Å²) >= 11 is 0. The van der Waals surface area contributed by atoms with Crippen LogP contribution >= 0.6 is 0 Å². The number of likely N-dealkylation sites (tertiary alicyclic amines) is 1. The van der Waals surface area contributed by atoms with Crippen LogP contribution < -0.4 is 10.6 Å². The largest absolute Gasteiger partial charge is 0.328 e. The van der Waals surface area contributed by atoms with Crippen LogP contribution in [0.1, 0.15) is 38.2 Å². The Labute approximate surface area is 150 Å². The lowest BCUT2D eigenvalue weighted by Gasteiger charge is -2.21. The minimum absolute atomic E-state index is 0.0415. The fraction of sp³-hybridized carbons (Fsp3) is 0.579. The second-order valence-corrected chi connectivity index (χ2v) is 6.69. The summed E-state index contributed by atoms with van der Waals surface area (Å²) < 4.78 is 0. The third-order valence-corrected chi connectivity index (χ3v) is 4.60. The van der Waals surface area contributed by atoms with Crippen molar-refractivity contribution in [1.82, 2.24) is 9.80 Å². The van der Waals surface area contributed by atoms with Crippen molar-refractivity contribution in [2.75, 3.05) is 43.9 Å². The molecule has 2 N–H and O–H groups in total. The third-order valence-electron chi connectivity index (χ3n) is 4.60. The van der Waals surface area contributed by atoms with Crippen molar-refractivity contribution in [1.29, 1.82) is 0 Å². The molecule has 1 heterocycles. The molecular formula is C19H30N4O2. The zero-order chi connectivity index (χ0) is 18.2. The molecule has 1 aromatic carbocycles. The third kappa shape index (κ3) is 6.05. The molecule has 0 radical (unpaired) electrons. The van der Waals surface area contributed by atoms with Gasteiger partial charge in [0.2, 0.25) is 5.91 Å². The van der Waals surface area contributed by atoms with Crippen LogP contribution in [-0.2, 0) is 4.79 Å². The number of carbonyl (C=O) groups excluding carboxylic acids is 2. The number of anilines is 2. The van der Waals surface area contributed by atoms with Crippen molar-refractivity contribution < 1.29 is 9.59 Å². The van der Waals surface area contributed by atoms with Gasteiger partial charge in [-0.2, -0.15) is 0 Å². The molecular weight excluding hydrogens is 316 g/mol. The Morgan fingerprint density at radius 2 is 1.92 bits per heavy atom. The molecule has 6 heteroatoms. The first-order valence-electron chi connectivity index (χ1n) is 9.14. The van der Waals surface area contributed by atoms with E-state index >= 15 is 0 Å². The highest BCUT2D eigenvalue weighted by Crippen LogP contribution is 2.21. The Morgan fingerprint density at radius 3 is 2.60 bits per heavy atom. The highest BCUT2D eigenvalue weighted by molar-refractivity contribution is 5.94. The zero-order valence-corrected chi connectivity index (χ0v) is 15.6. The molecule has 0 aromatic heterocycles. The number of hydrogen-bond acceptors (Lipinski definition) is 3. The number of rotatable bonds is 7. The Hall–Kier alpha value is -2.08. The summed E-state index contributed by atoms with van der Waals surface area (Å²) in [5.74, 6) is -0.0415. The molecule has 0 atom stereocenters. The lowest BCUT2D eigenvalue weighted by Crippen LogP contribution is -2.34. The molecule has 0 saturated carbocycles. The second kappa shape index (κ2) is 9.42. The van der Waals surface area contributed by atoms with Crippen LogP contribution in [0.15, 0.2) is 18.2 Å². The lowest BCUT2D eigenvalue weighted by atomic mass is 10.1. The van der Waals surface area contributed by atoms with Crippen molar-refractivity contribution in [3.05, 3.63) is 23.8 Å². The van der Waals surface area contributed by atoms with Gasteiger partial charge < -0.3 is 20.4 Å². The van der Waals surface area contributed by atoms with Gasteiger partial charge in [-0.3, -0.25) is 4.79 Å². The van der Waals surface area contributed by atoms with Gasteiger partial charge in [0.1, 0.15) is 0 Å². The first-order chi connectivity index (χ1) is 12.0. The Morgan fingerprint density at radius 1 is 1.20 bits per heavy atom. The van der Waals surface area contributed by atoms with Gasteiger partial charge in [0, 0.05) is 31.4 Å². The van der Waals surface area contributed by atoms with Gasteiger partial charge in [0.15, 0.2) is 0 Å². The van der Waals surface area contributed by atoms with E-state index in [1.807, 2.05) is 33.0 Å². The summed E-state index contributed by atoms with van der Waals surface area (Å²) in [6.07, 6.45) is 3.99. The van der Waals surface area contributed by atoms with E-state index in [0.29, 0.717) is 12.1 Å². The van der Waals surface area contributed by atoms with Gasteiger partial charge in [0.05, 0.1) is 0 Å². The predicted octanol–water partition coefficient (Wildman–Crippen LogP) is 3.29. The first kappa shape index (κ1) is 19.2. The van der Waals surface area contributed by atoms with Crippen LogP contribution in [0.5, 0.6) is 0 Å². The highest BCUT2D eigenvalue weighted by Gasteiger charge is 2.14. The molecule has 1 aliphatic rings. The van der Waals surface area contributed by atoms with Crippen molar-refractivity contribution >= 4 is 23.3 Å². The maximum absolute atomic E-state index is 12.4. The maximum atomic E-state index is 12.4. The normalized spacial score (nSPS) is 14.4. The number of hydrogen-bond donors (Lipinski definition) is 2. The topological polar surface area (TPSA) is 64.7 Å². The monoisotopic (exact) mass is 346 g/mol. The van der Waals surface area contributed by atoms with Crippen molar-refractivity contribution in [3.8, 4) is 0 Å². The Kier molecular flexibility index (Phi) is 7.25. The van der Waals surface area contributed by atoms with Gasteiger partial charge in [-0.1, -0.05) is 13.0 Å². The molecule has 0 bridgehead atoms. The van der Waals surface area contributed by atoms with E-state index in [1.54, 1.807) is 11.0 Å². The van der Waals surface area contributed by atoms with Crippen LogP contribution in [0.3, 0.4) is 0 Å². The van der Waals surface area contributed by atoms with E-state index in [2.05, 4.69) is 15.5 Å². The molecule has 0 spiro atoms. The summed E-state index contributed by atoms with van der Waals surface area (Å²) in [7, 11) is 1.82. The van der Waals surface area contributed by atoms with Crippen LogP contribution in [0.2, 0.25) is 0 Å². The van der Waals surface area contributed by atoms with Gasteiger partial charge >= 0.3 is 6.03 Å². The molecule has 0 unspecified atom stereocenters. The number of urea groups is 1. The van der Waals surface area contributed by atoms with Crippen molar-refractivity contribution in [2.45, 2.75) is 39.5 Å². The van der Waals surface area contributed by atoms with E-state index in [0.717, 1.165) is 30.8 Å². The molecule has 1 saturated heterocycles. The number of nitrogens with one attached hydrogen (secondary N) is 2. The maximum Gasteiger partial charge on any atom is 0.321 e. The standard InChI is InChI=1S/C19H30N4O2/c1-4-18(24)20-16-9-8-15(2)17(14-16)21-19(25)22(3)10-7-13-23-11-5-6-12-23/h8-9,14H,4-7,10-13H2,1-3H3,(H,20,24)(H,21,25). The van der Waals surface area contributed by atoms with Crippen molar-refractivity contribution in [2.24, 2.45) is 0 Å². The van der Waals surface area contributed by atoms with E-state index in [-0.39, 0.29) is 11.9 Å². The van der Waals surface area contributed by atoms with E-state index in [4.69, 9.17) is 0 Å². The van der Waals surface area contributed by atoms with Gasteiger partial charge in [0.25, 0.3) is 0 Å². The summed E-state index contributed by atoms with van der Waals surface area (Å²) in [4.78, 5) is 28.1. The molecule has 25 heavy (non-hydrogen) atoms. The first-order valence-corrected chi connectivity index (χ1v) is 9.14. The van der Waals surface area contributed by atoms with Crippen LogP contribution in [0.4, 0.5) is 16.2 Å². The van der Waals surface area contributed by atoms with E-state index in [9.17, 15) is 9.59 Å². The number of carbonyl (C=O) groups is 2. The summed E-state index contributed by atoms with van der Waals surface area (Å²) in [5, 5.41) is 5.76. The summed E-state index contributed by atoms with van der Waals surface area (Å²) in [6, 6.07) is 5.43. The lowest BCUT2D eigenvalue weighted by molar-refractivity contribution is -0.115. The smallest absolute Gasteiger partial charge is 0.321 e. The van der Waals surface area contributed by atoms with Gasteiger partial charge in [-0.25, -0.2) is 4.79 Å². The summed E-state index contributed by atoms with van der Waals surface area (Å²) in [6.45, 7) is 7.90. The second-order valence-electron chi connectivity index (χ2n) is 6.69. The number of nitrogens with zero attached hydrogens (tertiary/aromatic N) is 2. The fourth-order valence-corrected chi connectivity index (χ4v) is 2.93. The van der Waals surface area contributed by atoms with Gasteiger partial charge in [-0.15, -0.1) is 0 Å². The molecule has 3 amide bonds. The predicted molar refractivity (Wildman–Crippen MR) is 102 cm³/mol. The molecule has 1 fully saturated rings. The molecule has 6 nitrogen and oxygen atoms in total. The number of amides is 3. The molecule has 1 aromatic rings. The SMILES string of the molecule is CCC(=O)Nc1ccc(C)c(NC(=O)N(C)CCCN2CCCC2)c1. The van der Waals surface area contributed by atoms with Crippen LogP contribution in [0, 0.1) is 6.92 Å². The molecule has 1 aliphatic heterocycles. The average molecular weight is 346 g/mol. The average Bonchev–Trinajstić information content (AvgIpc) is 3.11. The quantitative estimate of drug-likeness (QED) is 0.796.